The van der Waals surface area contributed by atoms with Gasteiger partial charge in [0.1, 0.15) is 0 Å². The molecule has 0 aromatic rings. The molecule has 0 aromatic carbocycles. The summed E-state index contributed by atoms with van der Waals surface area (Å²) in [6, 6.07) is 0. The second-order valence-corrected chi connectivity index (χ2v) is 2.29. The van der Waals surface area contributed by atoms with Gasteiger partial charge in [-0.2, -0.15) is 0 Å². The van der Waals surface area contributed by atoms with Gasteiger partial charge < -0.3 is 0 Å². The maximum absolute atomic E-state index is 5.45. The van der Waals surface area contributed by atoms with E-state index < -0.39 is 0 Å². The van der Waals surface area contributed by atoms with Crippen molar-refractivity contribution < 1.29 is 0 Å². The van der Waals surface area contributed by atoms with Gasteiger partial charge in [0.25, 0.3) is 0 Å². The standard InChI is InChI=1S/C7H14Cl/c1-2-3-4-5-6-7-8/h5H,2-4,6-7H2,1H3. The maximum atomic E-state index is 5.45. The third-order valence-electron chi connectivity index (χ3n) is 1.08. The van der Waals surface area contributed by atoms with Gasteiger partial charge in [0.15, 0.2) is 0 Å². The summed E-state index contributed by atoms with van der Waals surface area (Å²) in [6.45, 7) is 2.20. The van der Waals surface area contributed by atoms with Crippen LogP contribution in [0.1, 0.15) is 32.6 Å². The van der Waals surface area contributed by atoms with Gasteiger partial charge in [0, 0.05) is 5.88 Å². The Morgan fingerprint density at radius 3 is 2.62 bits per heavy atom. The van der Waals surface area contributed by atoms with Crippen LogP contribution in [0, 0.1) is 6.42 Å². The molecule has 0 heterocycles. The molecule has 0 aliphatic carbocycles. The molecule has 0 aliphatic rings. The molecule has 0 bridgehead atoms. The van der Waals surface area contributed by atoms with Crippen LogP contribution in [-0.2, 0) is 0 Å². The van der Waals surface area contributed by atoms with E-state index in [1.54, 1.807) is 0 Å². The highest BCUT2D eigenvalue weighted by atomic mass is 35.5. The molecule has 1 radical (unpaired) electrons. The zero-order chi connectivity index (χ0) is 6.24. The minimum absolute atomic E-state index is 0.781. The molecule has 0 nitrogen and oxygen atoms in total. The van der Waals surface area contributed by atoms with Crippen molar-refractivity contribution in [3.05, 3.63) is 6.42 Å². The first-order valence-corrected chi connectivity index (χ1v) is 3.83. The Labute approximate surface area is 57.2 Å². The van der Waals surface area contributed by atoms with Gasteiger partial charge in [-0.15, -0.1) is 11.6 Å². The van der Waals surface area contributed by atoms with E-state index in [2.05, 4.69) is 13.3 Å². The number of alkyl halides is 1. The van der Waals surface area contributed by atoms with Crippen LogP contribution in [0.4, 0.5) is 0 Å². The molecule has 0 rings (SSSR count). The summed E-state index contributed by atoms with van der Waals surface area (Å²) in [5.74, 6) is 0.781. The second-order valence-electron chi connectivity index (χ2n) is 1.91. The lowest BCUT2D eigenvalue weighted by Crippen LogP contribution is -1.78. The summed E-state index contributed by atoms with van der Waals surface area (Å²) in [4.78, 5) is 0. The maximum Gasteiger partial charge on any atom is 0.0226 e. The molecular weight excluding hydrogens is 120 g/mol. The molecule has 0 aliphatic heterocycles. The molecule has 1 heteroatoms. The summed E-state index contributed by atoms with van der Waals surface area (Å²) in [5, 5.41) is 0. The Balaban J connectivity index is 2.53. The lowest BCUT2D eigenvalue weighted by Gasteiger charge is -1.92. The minimum atomic E-state index is 0.781. The predicted octanol–water partition coefficient (Wildman–Crippen LogP) is 3.01. The Hall–Kier alpha value is 0.290. The average Bonchev–Trinajstić information content (AvgIpc) is 1.81. The first-order valence-electron chi connectivity index (χ1n) is 3.29. The topological polar surface area (TPSA) is 0 Å². The van der Waals surface area contributed by atoms with Crippen LogP contribution in [-0.4, -0.2) is 5.88 Å². The van der Waals surface area contributed by atoms with E-state index in [4.69, 9.17) is 11.6 Å². The van der Waals surface area contributed by atoms with E-state index in [9.17, 15) is 0 Å². The normalized spacial score (nSPS) is 9.75. The molecule has 0 N–H and O–H groups in total. The number of hydrogen-bond donors (Lipinski definition) is 0. The fourth-order valence-corrected chi connectivity index (χ4v) is 0.724. The van der Waals surface area contributed by atoms with E-state index in [0.717, 1.165) is 12.3 Å². The van der Waals surface area contributed by atoms with E-state index in [0.29, 0.717) is 0 Å². The molecular formula is C7H14Cl. The Bertz CT molecular complexity index is 29.4. The summed E-state index contributed by atoms with van der Waals surface area (Å²) >= 11 is 5.45. The lowest BCUT2D eigenvalue weighted by atomic mass is 10.2. The summed E-state index contributed by atoms with van der Waals surface area (Å²) < 4.78 is 0. The monoisotopic (exact) mass is 133 g/mol. The molecule has 0 unspecified atom stereocenters. The average molecular weight is 134 g/mol. The van der Waals surface area contributed by atoms with E-state index >= 15 is 0 Å². The van der Waals surface area contributed by atoms with Crippen LogP contribution in [0.3, 0.4) is 0 Å². The van der Waals surface area contributed by atoms with Crippen molar-refractivity contribution in [1.82, 2.24) is 0 Å². The van der Waals surface area contributed by atoms with Gasteiger partial charge in [-0.05, 0) is 12.8 Å². The Morgan fingerprint density at radius 1 is 1.38 bits per heavy atom. The lowest BCUT2D eigenvalue weighted by molar-refractivity contribution is 0.762. The number of unbranched alkanes of at least 4 members (excludes halogenated alkanes) is 4. The largest absolute Gasteiger partial charge is 0.127 e. The first-order chi connectivity index (χ1) is 3.91. The van der Waals surface area contributed by atoms with E-state index in [-0.39, 0.29) is 0 Å². The van der Waals surface area contributed by atoms with E-state index in [1.165, 1.54) is 19.3 Å². The zero-order valence-electron chi connectivity index (χ0n) is 5.49. The molecule has 49 valence electrons. The van der Waals surface area contributed by atoms with Crippen molar-refractivity contribution in [3.8, 4) is 0 Å². The SMILES string of the molecule is CCCC[CH]CCCl. The van der Waals surface area contributed by atoms with Crippen molar-refractivity contribution in [2.24, 2.45) is 0 Å². The molecule has 0 atom stereocenters. The Kier molecular flexibility index (Phi) is 7.55. The van der Waals surface area contributed by atoms with Crippen LogP contribution >= 0.6 is 11.6 Å². The van der Waals surface area contributed by atoms with E-state index in [1.807, 2.05) is 0 Å². The number of rotatable bonds is 5. The van der Waals surface area contributed by atoms with Gasteiger partial charge in [-0.3, -0.25) is 0 Å². The zero-order valence-corrected chi connectivity index (χ0v) is 6.25. The summed E-state index contributed by atoms with van der Waals surface area (Å²) in [6.07, 6.45) is 7.18. The van der Waals surface area contributed by atoms with Gasteiger partial charge in [-0.1, -0.05) is 26.2 Å². The number of hydrogen-bond acceptors (Lipinski definition) is 0. The highest BCUT2D eigenvalue weighted by molar-refractivity contribution is 6.17. The molecule has 0 fully saturated rings. The Morgan fingerprint density at radius 2 is 2.12 bits per heavy atom. The predicted molar refractivity (Wildman–Crippen MR) is 39.2 cm³/mol. The van der Waals surface area contributed by atoms with Gasteiger partial charge >= 0.3 is 0 Å². The molecule has 0 spiro atoms. The molecule has 0 saturated carbocycles. The van der Waals surface area contributed by atoms with Gasteiger partial charge in [0.05, 0.1) is 0 Å². The van der Waals surface area contributed by atoms with Crippen molar-refractivity contribution in [2.45, 2.75) is 32.6 Å². The van der Waals surface area contributed by atoms with Gasteiger partial charge in [-0.25, -0.2) is 0 Å². The quantitative estimate of drug-likeness (QED) is 0.400. The second kappa shape index (κ2) is 7.29. The fourth-order valence-electron chi connectivity index (χ4n) is 0.570. The first kappa shape index (κ1) is 8.29. The van der Waals surface area contributed by atoms with Crippen molar-refractivity contribution in [1.29, 1.82) is 0 Å². The molecule has 0 saturated heterocycles. The summed E-state index contributed by atoms with van der Waals surface area (Å²) in [5.41, 5.74) is 0. The van der Waals surface area contributed by atoms with Crippen molar-refractivity contribution in [3.63, 3.8) is 0 Å². The molecule has 0 aromatic heterocycles. The molecule has 0 amide bonds. The highest BCUT2D eigenvalue weighted by Crippen LogP contribution is 2.00. The van der Waals surface area contributed by atoms with Crippen molar-refractivity contribution >= 4 is 11.6 Å². The van der Waals surface area contributed by atoms with Crippen LogP contribution in [0.25, 0.3) is 0 Å². The highest BCUT2D eigenvalue weighted by Gasteiger charge is 1.84. The summed E-state index contributed by atoms with van der Waals surface area (Å²) in [7, 11) is 0. The minimum Gasteiger partial charge on any atom is -0.127 e. The van der Waals surface area contributed by atoms with Gasteiger partial charge in [0.2, 0.25) is 0 Å². The number of halogens is 1. The van der Waals surface area contributed by atoms with Crippen LogP contribution < -0.4 is 0 Å². The third kappa shape index (κ3) is 6.29. The fraction of sp³-hybridized carbons (Fsp3) is 0.857. The van der Waals surface area contributed by atoms with Crippen molar-refractivity contribution in [2.75, 3.05) is 5.88 Å². The molecule has 8 heavy (non-hydrogen) atoms. The third-order valence-corrected chi connectivity index (χ3v) is 1.29. The van der Waals surface area contributed by atoms with Crippen LogP contribution in [0.15, 0.2) is 0 Å². The smallest absolute Gasteiger partial charge is 0.0226 e. The van der Waals surface area contributed by atoms with Crippen LogP contribution in [0.5, 0.6) is 0 Å². The van der Waals surface area contributed by atoms with Crippen LogP contribution in [0.2, 0.25) is 0 Å².